The van der Waals surface area contributed by atoms with E-state index in [9.17, 15) is 0 Å². The third-order valence-corrected chi connectivity index (χ3v) is 3.61. The average molecular weight is 340 g/mol. The van der Waals surface area contributed by atoms with Gasteiger partial charge in [0.1, 0.15) is 17.2 Å². The van der Waals surface area contributed by atoms with E-state index < -0.39 is 0 Å². The minimum Gasteiger partial charge on any atom is -0.497 e. The Kier molecular flexibility index (Phi) is 5.46. The van der Waals surface area contributed by atoms with Crippen LogP contribution in [0, 0.1) is 0 Å². The maximum atomic E-state index is 5.69. The van der Waals surface area contributed by atoms with Gasteiger partial charge >= 0.3 is 0 Å². The molecule has 0 spiro atoms. The number of hydrogen-bond acceptors (Lipinski definition) is 6. The summed E-state index contributed by atoms with van der Waals surface area (Å²) >= 11 is 0. The van der Waals surface area contributed by atoms with Crippen LogP contribution in [0.3, 0.4) is 0 Å². The van der Waals surface area contributed by atoms with E-state index >= 15 is 0 Å². The van der Waals surface area contributed by atoms with Gasteiger partial charge in [0.2, 0.25) is 5.82 Å². The van der Waals surface area contributed by atoms with Crippen LogP contribution >= 0.6 is 0 Å². The summed E-state index contributed by atoms with van der Waals surface area (Å²) in [6.45, 7) is 1.20. The lowest BCUT2D eigenvalue weighted by atomic mass is 10.2. The first kappa shape index (κ1) is 16.8. The first-order valence-corrected chi connectivity index (χ1v) is 7.97. The van der Waals surface area contributed by atoms with Crippen molar-refractivity contribution < 1.29 is 14.2 Å². The summed E-state index contributed by atoms with van der Waals surface area (Å²) in [5, 5.41) is 12.6. The largest absolute Gasteiger partial charge is 0.497 e. The number of benzene rings is 2. The van der Waals surface area contributed by atoms with Crippen LogP contribution in [0.2, 0.25) is 0 Å². The van der Waals surface area contributed by atoms with Gasteiger partial charge in [-0.1, -0.05) is 12.1 Å². The molecule has 3 rings (SSSR count). The predicted octanol–water partition coefficient (Wildman–Crippen LogP) is 2.83. The lowest BCUT2D eigenvalue weighted by Crippen LogP contribution is -2.07. The fourth-order valence-corrected chi connectivity index (χ4v) is 2.28. The number of aromatic nitrogens is 4. The molecule has 7 nitrogen and oxygen atoms in total. The number of ether oxygens (including phenoxy) is 3. The van der Waals surface area contributed by atoms with Crippen molar-refractivity contribution in [2.45, 2.75) is 13.0 Å². The van der Waals surface area contributed by atoms with Crippen molar-refractivity contribution in [1.29, 1.82) is 0 Å². The molecule has 0 aliphatic carbocycles. The van der Waals surface area contributed by atoms with Gasteiger partial charge in [-0.3, -0.25) is 0 Å². The van der Waals surface area contributed by atoms with Gasteiger partial charge in [0.15, 0.2) is 0 Å². The van der Waals surface area contributed by atoms with Crippen molar-refractivity contribution in [2.24, 2.45) is 0 Å². The van der Waals surface area contributed by atoms with Crippen LogP contribution in [0.4, 0.5) is 0 Å². The lowest BCUT2D eigenvalue weighted by Gasteiger charge is -2.06. The second kappa shape index (κ2) is 8.14. The molecule has 0 N–H and O–H groups in total. The molecule has 0 aliphatic rings. The highest BCUT2D eigenvalue weighted by molar-refractivity contribution is 5.56. The van der Waals surface area contributed by atoms with Crippen molar-refractivity contribution >= 4 is 0 Å². The molecular formula is C18H20N4O3. The quantitative estimate of drug-likeness (QED) is 0.587. The fourth-order valence-electron chi connectivity index (χ4n) is 2.28. The Morgan fingerprint density at radius 1 is 0.920 bits per heavy atom. The monoisotopic (exact) mass is 340 g/mol. The molecule has 2 aromatic carbocycles. The Balaban J connectivity index is 1.49. The summed E-state index contributed by atoms with van der Waals surface area (Å²) in [5.41, 5.74) is 0.875. The van der Waals surface area contributed by atoms with Crippen LogP contribution in [-0.2, 0) is 6.54 Å². The van der Waals surface area contributed by atoms with Crippen LogP contribution in [-0.4, -0.2) is 41.0 Å². The molecular weight excluding hydrogens is 320 g/mol. The molecule has 0 unspecified atom stereocenters. The van der Waals surface area contributed by atoms with Gasteiger partial charge in [-0.2, -0.15) is 4.80 Å². The van der Waals surface area contributed by atoms with Gasteiger partial charge in [0, 0.05) is 12.0 Å². The zero-order chi connectivity index (χ0) is 17.5. The second-order valence-electron chi connectivity index (χ2n) is 5.32. The van der Waals surface area contributed by atoms with E-state index in [1.54, 1.807) is 19.0 Å². The van der Waals surface area contributed by atoms with Crippen LogP contribution in [0.25, 0.3) is 11.4 Å². The smallest absolute Gasteiger partial charge is 0.205 e. The van der Waals surface area contributed by atoms with E-state index in [0.717, 1.165) is 29.2 Å². The standard InChI is InChI=1S/C18H20N4O3/c1-23-15-7-9-16(10-8-15)25-12-4-11-22-20-18(19-21-22)14-5-3-6-17(13-14)24-2/h3,5-10,13H,4,11-12H2,1-2H3. The molecule has 3 aromatic rings. The number of methoxy groups -OCH3 is 2. The number of nitrogens with zero attached hydrogens (tertiary/aromatic N) is 4. The highest BCUT2D eigenvalue weighted by Crippen LogP contribution is 2.20. The molecule has 0 fully saturated rings. The van der Waals surface area contributed by atoms with E-state index in [0.29, 0.717) is 19.0 Å². The summed E-state index contributed by atoms with van der Waals surface area (Å²) < 4.78 is 16.0. The highest BCUT2D eigenvalue weighted by atomic mass is 16.5. The van der Waals surface area contributed by atoms with Gasteiger partial charge in [0.05, 0.1) is 27.4 Å². The minimum absolute atomic E-state index is 0.572. The molecule has 7 heteroatoms. The van der Waals surface area contributed by atoms with Gasteiger partial charge in [-0.05, 0) is 41.6 Å². The fraction of sp³-hybridized carbons (Fsp3) is 0.278. The Morgan fingerprint density at radius 2 is 1.68 bits per heavy atom. The second-order valence-corrected chi connectivity index (χ2v) is 5.32. The zero-order valence-electron chi connectivity index (χ0n) is 14.3. The van der Waals surface area contributed by atoms with Crippen molar-refractivity contribution in [2.75, 3.05) is 20.8 Å². The molecule has 0 saturated carbocycles. The third kappa shape index (κ3) is 4.47. The van der Waals surface area contributed by atoms with Crippen LogP contribution in [0.15, 0.2) is 48.5 Å². The van der Waals surface area contributed by atoms with E-state index in [1.807, 2.05) is 48.5 Å². The topological polar surface area (TPSA) is 71.3 Å². The number of aryl methyl sites for hydroxylation is 1. The van der Waals surface area contributed by atoms with Gasteiger partial charge in [0.25, 0.3) is 0 Å². The summed E-state index contributed by atoms with van der Waals surface area (Å²) in [4.78, 5) is 1.58. The molecule has 25 heavy (non-hydrogen) atoms. The van der Waals surface area contributed by atoms with E-state index in [4.69, 9.17) is 14.2 Å². The van der Waals surface area contributed by atoms with Crippen molar-refractivity contribution in [3.05, 3.63) is 48.5 Å². The molecule has 0 saturated heterocycles. The van der Waals surface area contributed by atoms with Gasteiger partial charge in [-0.15, -0.1) is 10.2 Å². The Morgan fingerprint density at radius 3 is 2.44 bits per heavy atom. The van der Waals surface area contributed by atoms with Crippen molar-refractivity contribution in [3.63, 3.8) is 0 Å². The Hall–Kier alpha value is -3.09. The molecule has 0 amide bonds. The predicted molar refractivity (Wildman–Crippen MR) is 92.9 cm³/mol. The Labute approximate surface area is 146 Å². The van der Waals surface area contributed by atoms with Crippen LogP contribution in [0.1, 0.15) is 6.42 Å². The van der Waals surface area contributed by atoms with E-state index in [-0.39, 0.29) is 0 Å². The third-order valence-electron chi connectivity index (χ3n) is 3.61. The maximum Gasteiger partial charge on any atom is 0.205 e. The lowest BCUT2D eigenvalue weighted by molar-refractivity contribution is 0.292. The summed E-state index contributed by atoms with van der Waals surface area (Å²) in [6, 6.07) is 15.1. The first-order valence-electron chi connectivity index (χ1n) is 7.97. The molecule has 0 aliphatic heterocycles. The summed E-state index contributed by atoms with van der Waals surface area (Å²) in [7, 11) is 3.27. The first-order chi connectivity index (χ1) is 12.3. The van der Waals surface area contributed by atoms with Gasteiger partial charge in [-0.25, -0.2) is 0 Å². The Bertz CT molecular complexity index is 802. The highest BCUT2D eigenvalue weighted by Gasteiger charge is 2.07. The normalized spacial score (nSPS) is 10.5. The SMILES string of the molecule is COc1ccc(OCCCn2nnc(-c3cccc(OC)c3)n2)cc1. The molecule has 0 atom stereocenters. The number of hydrogen-bond donors (Lipinski definition) is 0. The average Bonchev–Trinajstić information content (AvgIpc) is 3.15. The zero-order valence-corrected chi connectivity index (χ0v) is 14.3. The van der Waals surface area contributed by atoms with E-state index in [2.05, 4.69) is 15.4 Å². The molecule has 1 heterocycles. The van der Waals surface area contributed by atoms with Crippen molar-refractivity contribution in [1.82, 2.24) is 20.2 Å². The van der Waals surface area contributed by atoms with Gasteiger partial charge < -0.3 is 14.2 Å². The molecule has 0 bridgehead atoms. The van der Waals surface area contributed by atoms with Crippen LogP contribution in [0.5, 0.6) is 17.2 Å². The summed E-state index contributed by atoms with van der Waals surface area (Å²) in [5.74, 6) is 2.96. The number of rotatable bonds is 8. The van der Waals surface area contributed by atoms with E-state index in [1.165, 1.54) is 0 Å². The minimum atomic E-state index is 0.572. The maximum absolute atomic E-state index is 5.69. The van der Waals surface area contributed by atoms with Crippen LogP contribution < -0.4 is 14.2 Å². The van der Waals surface area contributed by atoms with Crippen molar-refractivity contribution in [3.8, 4) is 28.6 Å². The number of tetrazole rings is 1. The molecule has 1 aromatic heterocycles. The molecule has 0 radical (unpaired) electrons. The molecule has 130 valence electrons. The summed E-state index contributed by atoms with van der Waals surface area (Å²) in [6.07, 6.45) is 0.778.